The lowest BCUT2D eigenvalue weighted by molar-refractivity contribution is -0.112. The maximum absolute atomic E-state index is 10.4. The third kappa shape index (κ3) is 12.1. The van der Waals surface area contributed by atoms with Crippen LogP contribution in [0.3, 0.4) is 0 Å². The first-order valence-electron chi connectivity index (χ1n) is 3.73. The Morgan fingerprint density at radius 1 is 1.42 bits per heavy atom. The lowest BCUT2D eigenvalue weighted by Gasteiger charge is -2.17. The van der Waals surface area contributed by atoms with E-state index in [9.17, 15) is 4.79 Å². The van der Waals surface area contributed by atoms with Crippen molar-refractivity contribution >= 4 is 5.78 Å². The highest BCUT2D eigenvalue weighted by Gasteiger charge is 2.07. The zero-order valence-corrected chi connectivity index (χ0v) is 7.68. The van der Waals surface area contributed by atoms with E-state index < -0.39 is 0 Å². The molecule has 0 rings (SSSR count). The standard InChI is InChI=1S/C9H16O2.CH4/c1-8(10)6-5-7-11-9(2,3)4;/h5-6H,7H2,1-4H3;1H4/b6-5+;. The van der Waals surface area contributed by atoms with Gasteiger partial charge in [0.2, 0.25) is 0 Å². The number of ether oxygens (including phenoxy) is 1. The Kier molecular flexibility index (Phi) is 6.91. The minimum absolute atomic E-state index is 0. The van der Waals surface area contributed by atoms with Crippen LogP contribution in [-0.2, 0) is 9.53 Å². The van der Waals surface area contributed by atoms with Gasteiger partial charge in [0.25, 0.3) is 0 Å². The van der Waals surface area contributed by atoms with Gasteiger partial charge in [-0.2, -0.15) is 0 Å². The van der Waals surface area contributed by atoms with E-state index in [-0.39, 0.29) is 18.8 Å². The molecule has 0 aliphatic carbocycles. The van der Waals surface area contributed by atoms with Crippen LogP contribution in [0.5, 0.6) is 0 Å². The van der Waals surface area contributed by atoms with Gasteiger partial charge in [-0.3, -0.25) is 4.79 Å². The van der Waals surface area contributed by atoms with Crippen LogP contribution in [0.15, 0.2) is 12.2 Å². The third-order valence-corrected chi connectivity index (χ3v) is 0.965. The molecule has 0 aromatic rings. The van der Waals surface area contributed by atoms with Gasteiger partial charge in [0.15, 0.2) is 5.78 Å². The van der Waals surface area contributed by atoms with Crippen molar-refractivity contribution < 1.29 is 9.53 Å². The molecule has 0 aliphatic heterocycles. The quantitative estimate of drug-likeness (QED) is 0.612. The third-order valence-electron chi connectivity index (χ3n) is 0.965. The molecule has 0 bridgehead atoms. The van der Waals surface area contributed by atoms with Crippen molar-refractivity contribution in [3.8, 4) is 0 Å². The number of hydrogen-bond donors (Lipinski definition) is 0. The fraction of sp³-hybridized carbons (Fsp3) is 0.700. The molecule has 0 aromatic carbocycles. The second-order valence-electron chi connectivity index (χ2n) is 3.44. The Morgan fingerprint density at radius 2 is 1.92 bits per heavy atom. The van der Waals surface area contributed by atoms with Gasteiger partial charge in [0.05, 0.1) is 12.2 Å². The fourth-order valence-corrected chi connectivity index (χ4v) is 0.512. The van der Waals surface area contributed by atoms with Gasteiger partial charge in [0.1, 0.15) is 0 Å². The summed E-state index contributed by atoms with van der Waals surface area (Å²) in [5.74, 6) is 0.0579. The zero-order valence-electron chi connectivity index (χ0n) is 7.68. The topological polar surface area (TPSA) is 26.3 Å². The molecule has 2 nitrogen and oxygen atoms in total. The molecule has 0 aromatic heterocycles. The Hall–Kier alpha value is -0.630. The maximum atomic E-state index is 10.4. The Morgan fingerprint density at radius 3 is 2.25 bits per heavy atom. The van der Waals surface area contributed by atoms with Crippen LogP contribution in [0, 0.1) is 0 Å². The van der Waals surface area contributed by atoms with Crippen LogP contribution < -0.4 is 0 Å². The highest BCUT2D eigenvalue weighted by atomic mass is 16.5. The van der Waals surface area contributed by atoms with Crippen molar-refractivity contribution in [2.45, 2.75) is 40.7 Å². The number of carbonyl (C=O) groups is 1. The molecule has 0 atom stereocenters. The van der Waals surface area contributed by atoms with E-state index in [0.29, 0.717) is 6.61 Å². The van der Waals surface area contributed by atoms with Gasteiger partial charge in [0, 0.05) is 0 Å². The number of carbonyl (C=O) groups excluding carboxylic acids is 1. The SMILES string of the molecule is C.CC(=O)/C=C/COC(C)(C)C. The van der Waals surface area contributed by atoms with Gasteiger partial charge >= 0.3 is 0 Å². The normalized spacial score (nSPS) is 11.3. The molecule has 2 heteroatoms. The molecule has 0 fully saturated rings. The Labute approximate surface area is 75.6 Å². The summed E-state index contributed by atoms with van der Waals surface area (Å²) < 4.78 is 5.34. The van der Waals surface area contributed by atoms with Crippen LogP contribution in [-0.4, -0.2) is 18.0 Å². The lowest BCUT2D eigenvalue weighted by atomic mass is 10.2. The fourth-order valence-electron chi connectivity index (χ4n) is 0.512. The van der Waals surface area contributed by atoms with Crippen LogP contribution in [0.1, 0.15) is 35.1 Å². The molecule has 0 saturated carbocycles. The molecule has 0 aliphatic rings. The van der Waals surface area contributed by atoms with E-state index in [4.69, 9.17) is 4.74 Å². The van der Waals surface area contributed by atoms with Crippen LogP contribution in [0.25, 0.3) is 0 Å². The van der Waals surface area contributed by atoms with E-state index in [1.165, 1.54) is 13.0 Å². The largest absolute Gasteiger partial charge is 0.372 e. The van der Waals surface area contributed by atoms with Crippen LogP contribution >= 0.6 is 0 Å². The van der Waals surface area contributed by atoms with Gasteiger partial charge in [-0.05, 0) is 33.8 Å². The number of ketones is 1. The number of allylic oxidation sites excluding steroid dienone is 1. The minimum Gasteiger partial charge on any atom is -0.372 e. The van der Waals surface area contributed by atoms with Crippen LogP contribution in [0.4, 0.5) is 0 Å². The van der Waals surface area contributed by atoms with Crippen molar-refractivity contribution in [1.29, 1.82) is 0 Å². The predicted molar refractivity (Wildman–Crippen MR) is 52.3 cm³/mol. The second kappa shape index (κ2) is 5.95. The van der Waals surface area contributed by atoms with E-state index in [0.717, 1.165) is 0 Å². The number of rotatable bonds is 3. The second-order valence-corrected chi connectivity index (χ2v) is 3.44. The molecular formula is C10H20O2. The minimum atomic E-state index is -0.124. The van der Waals surface area contributed by atoms with Crippen molar-refractivity contribution in [3.63, 3.8) is 0 Å². The molecular weight excluding hydrogens is 152 g/mol. The summed E-state index contributed by atoms with van der Waals surface area (Å²) in [6.45, 7) is 7.97. The first-order chi connectivity index (χ1) is 4.92. The summed E-state index contributed by atoms with van der Waals surface area (Å²) in [4.78, 5) is 10.4. The van der Waals surface area contributed by atoms with Crippen molar-refractivity contribution in [1.82, 2.24) is 0 Å². The molecule has 0 unspecified atom stereocenters. The summed E-state index contributed by atoms with van der Waals surface area (Å²) in [5, 5.41) is 0. The molecule has 0 saturated heterocycles. The molecule has 0 N–H and O–H groups in total. The van der Waals surface area contributed by atoms with Crippen molar-refractivity contribution in [2.24, 2.45) is 0 Å². The maximum Gasteiger partial charge on any atom is 0.152 e. The lowest BCUT2D eigenvalue weighted by Crippen LogP contribution is -2.18. The summed E-state index contributed by atoms with van der Waals surface area (Å²) >= 11 is 0. The van der Waals surface area contributed by atoms with Crippen LogP contribution in [0.2, 0.25) is 0 Å². The summed E-state index contributed by atoms with van der Waals surface area (Å²) in [6.07, 6.45) is 3.25. The van der Waals surface area contributed by atoms with E-state index in [1.807, 2.05) is 20.8 Å². The van der Waals surface area contributed by atoms with Gasteiger partial charge in [-0.25, -0.2) is 0 Å². The summed E-state index contributed by atoms with van der Waals surface area (Å²) in [7, 11) is 0. The zero-order chi connectivity index (χ0) is 8.91. The van der Waals surface area contributed by atoms with Crippen molar-refractivity contribution in [3.05, 3.63) is 12.2 Å². The average Bonchev–Trinajstić information content (AvgIpc) is 1.78. The van der Waals surface area contributed by atoms with E-state index in [2.05, 4.69) is 0 Å². The molecule has 12 heavy (non-hydrogen) atoms. The molecule has 0 radical (unpaired) electrons. The van der Waals surface area contributed by atoms with Gasteiger partial charge < -0.3 is 4.74 Å². The summed E-state index contributed by atoms with van der Waals surface area (Å²) in [6, 6.07) is 0. The van der Waals surface area contributed by atoms with Crippen molar-refractivity contribution in [2.75, 3.05) is 6.61 Å². The monoisotopic (exact) mass is 172 g/mol. The highest BCUT2D eigenvalue weighted by molar-refractivity contribution is 5.87. The predicted octanol–water partition coefficient (Wildman–Crippen LogP) is 2.58. The molecule has 0 spiro atoms. The average molecular weight is 172 g/mol. The molecule has 0 amide bonds. The smallest absolute Gasteiger partial charge is 0.152 e. The molecule has 0 heterocycles. The van der Waals surface area contributed by atoms with E-state index >= 15 is 0 Å². The number of hydrogen-bond acceptors (Lipinski definition) is 2. The highest BCUT2D eigenvalue weighted by Crippen LogP contribution is 2.05. The van der Waals surface area contributed by atoms with Gasteiger partial charge in [-0.1, -0.05) is 13.5 Å². The first-order valence-corrected chi connectivity index (χ1v) is 3.73. The Bertz CT molecular complexity index is 152. The van der Waals surface area contributed by atoms with Gasteiger partial charge in [-0.15, -0.1) is 0 Å². The summed E-state index contributed by atoms with van der Waals surface area (Å²) in [5.41, 5.74) is -0.124. The Balaban J connectivity index is 0. The molecule has 72 valence electrons. The first kappa shape index (κ1) is 13.9. The van der Waals surface area contributed by atoms with E-state index in [1.54, 1.807) is 6.08 Å².